The fourth-order valence-electron chi connectivity index (χ4n) is 2.49. The lowest BCUT2D eigenvalue weighted by atomic mass is 9.86. The average molecular weight is 212 g/mol. The van der Waals surface area contributed by atoms with Gasteiger partial charge in [0.1, 0.15) is 0 Å². The van der Waals surface area contributed by atoms with E-state index in [1.54, 1.807) is 18.1 Å². The predicted molar refractivity (Wildman–Crippen MR) is 62.9 cm³/mol. The summed E-state index contributed by atoms with van der Waals surface area (Å²) in [4.78, 5) is 14.0. The van der Waals surface area contributed by atoms with Gasteiger partial charge >= 0.3 is 0 Å². The van der Waals surface area contributed by atoms with Crippen molar-refractivity contribution in [2.24, 2.45) is 0 Å². The Balaban J connectivity index is 2.29. The molecular weight excluding hydrogens is 200 g/mol. The predicted octanol–water partition coefficient (Wildman–Crippen LogP) is 1.53. The first-order chi connectivity index (χ1) is 7.68. The smallest absolute Gasteiger partial charge is 0.261 e. The minimum Gasteiger partial charge on any atom is -0.370 e. The quantitative estimate of drug-likeness (QED) is 0.707. The number of para-hydroxylation sites is 1. The van der Waals surface area contributed by atoms with Gasteiger partial charge in [-0.15, -0.1) is 0 Å². The Hall–Kier alpha value is -2.03. The van der Waals surface area contributed by atoms with Crippen LogP contribution in [0, 0.1) is 0 Å². The number of amides is 1. The Kier molecular flexibility index (Phi) is 1.59. The fraction of sp³-hybridized carbons (Fsp3) is 0.154. The van der Waals surface area contributed by atoms with Crippen molar-refractivity contribution < 1.29 is 4.79 Å². The van der Waals surface area contributed by atoms with Crippen LogP contribution >= 0.6 is 0 Å². The maximum absolute atomic E-state index is 12.4. The van der Waals surface area contributed by atoms with Crippen LogP contribution in [0.5, 0.6) is 0 Å². The lowest BCUT2D eigenvalue weighted by Crippen LogP contribution is -2.46. The van der Waals surface area contributed by atoms with E-state index >= 15 is 0 Å². The van der Waals surface area contributed by atoms with E-state index in [1.807, 2.05) is 30.3 Å². The molecule has 0 saturated heterocycles. The maximum atomic E-state index is 12.4. The molecule has 3 nitrogen and oxygen atoms in total. The van der Waals surface area contributed by atoms with Crippen molar-refractivity contribution in [1.82, 2.24) is 5.32 Å². The number of anilines is 1. The number of nitrogens with zero attached hydrogens (tertiary/aromatic N) is 1. The van der Waals surface area contributed by atoms with Crippen molar-refractivity contribution in [3.63, 3.8) is 0 Å². The Labute approximate surface area is 94.1 Å². The molecule has 1 atom stereocenters. The summed E-state index contributed by atoms with van der Waals surface area (Å²) in [6.07, 6.45) is 3.64. The third-order valence-corrected chi connectivity index (χ3v) is 3.36. The summed E-state index contributed by atoms with van der Waals surface area (Å²) in [6.45, 7) is 3.98. The highest BCUT2D eigenvalue weighted by Crippen LogP contribution is 2.45. The summed E-state index contributed by atoms with van der Waals surface area (Å²) in [5.74, 6) is 0.0312. The van der Waals surface area contributed by atoms with Gasteiger partial charge in [0, 0.05) is 18.3 Å². The summed E-state index contributed by atoms with van der Waals surface area (Å²) in [5.41, 5.74) is 1.97. The summed E-state index contributed by atoms with van der Waals surface area (Å²) in [6, 6.07) is 7.81. The fourth-order valence-corrected chi connectivity index (χ4v) is 2.49. The molecule has 0 aliphatic carbocycles. The Morgan fingerprint density at radius 2 is 2.12 bits per heavy atom. The van der Waals surface area contributed by atoms with Crippen LogP contribution in [0.4, 0.5) is 5.69 Å². The van der Waals surface area contributed by atoms with Crippen LogP contribution in [-0.4, -0.2) is 13.0 Å². The zero-order valence-corrected chi connectivity index (χ0v) is 9.03. The van der Waals surface area contributed by atoms with E-state index in [0.717, 1.165) is 16.8 Å². The number of likely N-dealkylation sites (N-methyl/N-ethyl adjacent to an activating group) is 1. The molecule has 0 fully saturated rings. The number of benzene rings is 1. The van der Waals surface area contributed by atoms with Crippen LogP contribution in [0.15, 0.2) is 48.7 Å². The molecule has 1 amide bonds. The average Bonchev–Trinajstić information content (AvgIpc) is 2.78. The van der Waals surface area contributed by atoms with Gasteiger partial charge in [-0.2, -0.15) is 0 Å². The maximum Gasteiger partial charge on any atom is 0.261 e. The standard InChI is InChI=1S/C13H12N2O/c1-9-7-8-14-13(9)10-5-3-4-6-11(10)15(2)12(13)16/h3-8,14H,1H2,2H3/t13-/m1/s1. The number of hydrogen-bond acceptors (Lipinski definition) is 2. The van der Waals surface area contributed by atoms with Crippen molar-refractivity contribution in [2.75, 3.05) is 11.9 Å². The highest BCUT2D eigenvalue weighted by atomic mass is 16.2. The van der Waals surface area contributed by atoms with Gasteiger partial charge in [0.2, 0.25) is 0 Å². The molecule has 1 aromatic carbocycles. The summed E-state index contributed by atoms with van der Waals surface area (Å²) < 4.78 is 0. The van der Waals surface area contributed by atoms with Gasteiger partial charge in [-0.05, 0) is 23.9 Å². The van der Waals surface area contributed by atoms with Crippen molar-refractivity contribution in [3.8, 4) is 0 Å². The largest absolute Gasteiger partial charge is 0.370 e. The molecule has 2 heterocycles. The lowest BCUT2D eigenvalue weighted by Gasteiger charge is -2.24. The second kappa shape index (κ2) is 2.76. The molecule has 3 heteroatoms. The van der Waals surface area contributed by atoms with E-state index in [4.69, 9.17) is 0 Å². The Morgan fingerprint density at radius 3 is 2.81 bits per heavy atom. The van der Waals surface area contributed by atoms with Gasteiger partial charge < -0.3 is 10.2 Å². The summed E-state index contributed by atoms with van der Waals surface area (Å²) in [7, 11) is 1.79. The van der Waals surface area contributed by atoms with Crippen LogP contribution in [0.2, 0.25) is 0 Å². The number of carbonyl (C=O) groups excluding carboxylic acids is 1. The first kappa shape index (κ1) is 9.21. The van der Waals surface area contributed by atoms with E-state index in [-0.39, 0.29) is 5.91 Å². The van der Waals surface area contributed by atoms with Gasteiger partial charge in [0.15, 0.2) is 5.54 Å². The van der Waals surface area contributed by atoms with Crippen LogP contribution < -0.4 is 10.2 Å². The SMILES string of the molecule is C=C1C=CN[C@]12C(=O)N(C)c1ccccc12. The monoisotopic (exact) mass is 212 g/mol. The normalized spacial score (nSPS) is 26.4. The van der Waals surface area contributed by atoms with Crippen molar-refractivity contribution in [1.29, 1.82) is 0 Å². The van der Waals surface area contributed by atoms with Crippen molar-refractivity contribution >= 4 is 11.6 Å². The van der Waals surface area contributed by atoms with Crippen LogP contribution in [0.1, 0.15) is 5.56 Å². The molecule has 2 aliphatic heterocycles. The molecule has 1 spiro atoms. The molecule has 0 radical (unpaired) electrons. The van der Waals surface area contributed by atoms with E-state index in [2.05, 4.69) is 11.9 Å². The third kappa shape index (κ3) is 0.818. The zero-order valence-electron chi connectivity index (χ0n) is 9.03. The first-order valence-corrected chi connectivity index (χ1v) is 5.19. The number of nitrogens with one attached hydrogen (secondary N) is 1. The van der Waals surface area contributed by atoms with Crippen molar-refractivity contribution in [3.05, 3.63) is 54.3 Å². The summed E-state index contributed by atoms with van der Waals surface area (Å²) in [5, 5.41) is 3.15. The van der Waals surface area contributed by atoms with Crippen LogP contribution in [0.3, 0.4) is 0 Å². The van der Waals surface area contributed by atoms with E-state index < -0.39 is 5.54 Å². The minimum absolute atomic E-state index is 0.0312. The second-order valence-corrected chi connectivity index (χ2v) is 4.13. The summed E-state index contributed by atoms with van der Waals surface area (Å²) >= 11 is 0. The molecule has 0 saturated carbocycles. The highest BCUT2D eigenvalue weighted by molar-refractivity contribution is 6.10. The molecular formula is C13H12N2O. The van der Waals surface area contributed by atoms with Gasteiger partial charge in [0.05, 0.1) is 0 Å². The molecule has 1 N–H and O–H groups in total. The number of carbonyl (C=O) groups is 1. The number of hydrogen-bond donors (Lipinski definition) is 1. The second-order valence-electron chi connectivity index (χ2n) is 4.13. The molecule has 0 bridgehead atoms. The Morgan fingerprint density at radius 1 is 1.38 bits per heavy atom. The minimum atomic E-state index is -0.759. The van der Waals surface area contributed by atoms with Crippen LogP contribution in [-0.2, 0) is 10.3 Å². The van der Waals surface area contributed by atoms with Crippen LogP contribution in [0.25, 0.3) is 0 Å². The van der Waals surface area contributed by atoms with E-state index in [1.165, 1.54) is 0 Å². The topological polar surface area (TPSA) is 32.3 Å². The molecule has 16 heavy (non-hydrogen) atoms. The first-order valence-electron chi connectivity index (χ1n) is 5.19. The molecule has 2 aliphatic rings. The van der Waals surface area contributed by atoms with Gasteiger partial charge in [0.25, 0.3) is 5.91 Å². The van der Waals surface area contributed by atoms with E-state index in [9.17, 15) is 4.79 Å². The highest BCUT2D eigenvalue weighted by Gasteiger charge is 2.52. The molecule has 0 aromatic heterocycles. The van der Waals surface area contributed by atoms with Gasteiger partial charge in [-0.3, -0.25) is 4.79 Å². The van der Waals surface area contributed by atoms with Gasteiger partial charge in [-0.1, -0.05) is 24.8 Å². The van der Waals surface area contributed by atoms with Gasteiger partial charge in [-0.25, -0.2) is 0 Å². The lowest BCUT2D eigenvalue weighted by molar-refractivity contribution is -0.122. The zero-order chi connectivity index (χ0) is 11.3. The molecule has 80 valence electrons. The van der Waals surface area contributed by atoms with Crippen molar-refractivity contribution in [2.45, 2.75) is 5.54 Å². The Bertz CT molecular complexity index is 532. The number of fused-ring (bicyclic) bond motifs is 2. The molecule has 0 unspecified atom stereocenters. The number of rotatable bonds is 0. The third-order valence-electron chi connectivity index (χ3n) is 3.36. The molecule has 1 aromatic rings. The molecule has 3 rings (SSSR count). The van der Waals surface area contributed by atoms with E-state index in [0.29, 0.717) is 0 Å².